The zero-order valence-corrected chi connectivity index (χ0v) is 40.6. The normalized spacial score (nSPS) is 14.0. The summed E-state index contributed by atoms with van der Waals surface area (Å²) in [5, 5.41) is 18.4. The van der Waals surface area contributed by atoms with Crippen LogP contribution in [0.15, 0.2) is 71.4 Å². The van der Waals surface area contributed by atoms with E-state index in [0.29, 0.717) is 71.2 Å². The number of carbonyl (C=O) groups excluding carboxylic acids is 4. The Morgan fingerprint density at radius 2 is 1.47 bits per heavy atom. The number of likely N-dealkylation sites (tertiary alicyclic amines) is 1. The van der Waals surface area contributed by atoms with E-state index >= 15 is 0 Å². The van der Waals surface area contributed by atoms with Crippen LogP contribution in [0.4, 0.5) is 11.9 Å². The number of fused-ring (bicyclic) bond motifs is 2. The molecule has 372 valence electrons. The predicted molar refractivity (Wildman–Crippen MR) is 270 cm³/mol. The highest BCUT2D eigenvalue weighted by atomic mass is 16.5. The number of hydrogen-bond donors (Lipinski definition) is 7. The molecule has 1 aliphatic rings. The number of imidazole rings is 2. The number of rotatable bonds is 22. The van der Waals surface area contributed by atoms with Gasteiger partial charge in [-0.1, -0.05) is 18.2 Å². The summed E-state index contributed by atoms with van der Waals surface area (Å²) in [6, 6.07) is 7.74. The van der Waals surface area contributed by atoms with Gasteiger partial charge in [-0.05, 0) is 115 Å². The first-order chi connectivity index (χ1) is 33.5. The second-order valence-electron chi connectivity index (χ2n) is 17.0. The number of nitrogens with two attached hydrogens (primary N) is 4. The Kier molecular flexibility index (Phi) is 17.1. The molecule has 5 aromatic rings. The second-order valence-corrected chi connectivity index (χ2v) is 17.0. The fourth-order valence-corrected chi connectivity index (χ4v) is 8.19. The van der Waals surface area contributed by atoms with Crippen molar-refractivity contribution in [2.45, 2.75) is 66.6 Å². The van der Waals surface area contributed by atoms with Gasteiger partial charge in [0.15, 0.2) is 5.96 Å². The topological polar surface area (TPSA) is 311 Å². The molecule has 0 saturated carbocycles. The first-order valence-corrected chi connectivity index (χ1v) is 23.1. The van der Waals surface area contributed by atoms with Crippen molar-refractivity contribution in [3.8, 4) is 11.5 Å². The van der Waals surface area contributed by atoms with Gasteiger partial charge in [0.05, 0.1) is 23.8 Å². The number of aryl methyl sites for hydroxylation is 2. The monoisotopic (exact) mass is 961 g/mol. The minimum atomic E-state index is -0.706. The quantitative estimate of drug-likeness (QED) is 0.0296. The molecule has 4 heterocycles. The van der Waals surface area contributed by atoms with E-state index in [2.05, 4.69) is 37.7 Å². The van der Waals surface area contributed by atoms with Crippen molar-refractivity contribution in [1.82, 2.24) is 38.7 Å². The summed E-state index contributed by atoms with van der Waals surface area (Å²) >= 11 is 0. The summed E-state index contributed by atoms with van der Waals surface area (Å²) in [6.45, 7) is 11.4. The molecule has 2 aromatic carbocycles. The maximum Gasteiger partial charge on any atom is 0.276 e. The van der Waals surface area contributed by atoms with Gasteiger partial charge in [-0.15, -0.1) is 0 Å². The van der Waals surface area contributed by atoms with Crippen LogP contribution in [-0.2, 0) is 24.4 Å². The molecule has 0 aliphatic carbocycles. The summed E-state index contributed by atoms with van der Waals surface area (Å²) in [7, 11) is 3.57. The van der Waals surface area contributed by atoms with E-state index in [1.54, 1.807) is 40.7 Å². The number of piperidine rings is 1. The van der Waals surface area contributed by atoms with Crippen LogP contribution >= 0.6 is 0 Å². The molecule has 0 unspecified atom stereocenters. The van der Waals surface area contributed by atoms with E-state index in [1.165, 1.54) is 37.5 Å². The Bertz CT molecular complexity index is 2870. The summed E-state index contributed by atoms with van der Waals surface area (Å²) < 4.78 is 17.1. The predicted octanol–water partition coefficient (Wildman–Crippen LogP) is 3.75. The highest BCUT2D eigenvalue weighted by Crippen LogP contribution is 2.33. The smallest absolute Gasteiger partial charge is 0.276 e. The molecule has 1 fully saturated rings. The van der Waals surface area contributed by atoms with E-state index in [9.17, 15) is 19.2 Å². The van der Waals surface area contributed by atoms with Crippen LogP contribution in [0.5, 0.6) is 11.5 Å². The number of aliphatic imine (C=N–C) groups is 1. The summed E-state index contributed by atoms with van der Waals surface area (Å²) in [5.41, 5.74) is 26.6. The minimum Gasteiger partial charge on any atom is -0.494 e. The fraction of sp³-hybridized carbons (Fsp3) is 0.396. The van der Waals surface area contributed by atoms with E-state index in [-0.39, 0.29) is 65.9 Å². The number of aromatic nitrogens is 6. The third-order valence-electron chi connectivity index (χ3n) is 11.8. The van der Waals surface area contributed by atoms with Crippen molar-refractivity contribution in [3.63, 3.8) is 0 Å². The summed E-state index contributed by atoms with van der Waals surface area (Å²) in [4.78, 5) is 70.4. The van der Waals surface area contributed by atoms with Gasteiger partial charge >= 0.3 is 0 Å². The fourth-order valence-electron chi connectivity index (χ4n) is 8.19. The number of allylic oxidation sites excluding steroid dienone is 3. The van der Waals surface area contributed by atoms with E-state index in [1.807, 2.05) is 36.1 Å². The molecule has 0 spiro atoms. The first-order valence-electron chi connectivity index (χ1n) is 23.1. The Balaban J connectivity index is 1.34. The van der Waals surface area contributed by atoms with Gasteiger partial charge in [0.25, 0.3) is 11.8 Å². The maximum absolute atomic E-state index is 13.9. The van der Waals surface area contributed by atoms with Crippen LogP contribution in [0.3, 0.4) is 0 Å². The van der Waals surface area contributed by atoms with Gasteiger partial charge in [0, 0.05) is 56.1 Å². The molecule has 1 aliphatic heterocycles. The van der Waals surface area contributed by atoms with Crippen molar-refractivity contribution >= 4 is 69.3 Å². The van der Waals surface area contributed by atoms with Crippen LogP contribution in [-0.4, -0.2) is 127 Å². The lowest BCUT2D eigenvalue weighted by molar-refractivity contribution is -0.110. The van der Waals surface area contributed by atoms with Crippen LogP contribution in [0.2, 0.25) is 0 Å². The maximum atomic E-state index is 13.9. The lowest BCUT2D eigenvalue weighted by Gasteiger charge is -2.30. The number of hydrogen-bond acceptors (Lipinski definition) is 13. The number of carbonyl (C=O) groups is 4. The number of benzene rings is 2. The number of amides is 4. The molecule has 11 N–H and O–H groups in total. The molecule has 0 radical (unpaired) electrons. The molecule has 0 bridgehead atoms. The van der Waals surface area contributed by atoms with Crippen molar-refractivity contribution in [1.29, 1.82) is 5.41 Å². The van der Waals surface area contributed by atoms with Crippen LogP contribution in [0.1, 0.15) is 76.9 Å². The van der Waals surface area contributed by atoms with Gasteiger partial charge in [-0.2, -0.15) is 5.10 Å². The number of primary amides is 2. The minimum absolute atomic E-state index is 0.0119. The van der Waals surface area contributed by atoms with Gasteiger partial charge < -0.3 is 51.3 Å². The highest BCUT2D eigenvalue weighted by molar-refractivity contribution is 6.47. The summed E-state index contributed by atoms with van der Waals surface area (Å²) in [5.74, 6) is -1.05. The molecular formula is C48H64N16O6. The van der Waals surface area contributed by atoms with Crippen LogP contribution in [0, 0.1) is 18.3 Å². The van der Waals surface area contributed by atoms with Gasteiger partial charge in [0.1, 0.15) is 40.5 Å². The van der Waals surface area contributed by atoms with Gasteiger partial charge in [-0.3, -0.25) is 44.9 Å². The van der Waals surface area contributed by atoms with Crippen molar-refractivity contribution in [2.75, 3.05) is 64.1 Å². The average molecular weight is 961 g/mol. The third-order valence-corrected chi connectivity index (χ3v) is 11.8. The Hall–Kier alpha value is -8.01. The van der Waals surface area contributed by atoms with Gasteiger partial charge in [0.2, 0.25) is 23.7 Å². The lowest BCUT2D eigenvalue weighted by Crippen LogP contribution is -2.39. The number of ether oxygens (including phenoxy) is 2. The molecule has 70 heavy (non-hydrogen) atoms. The molecule has 1 saturated heterocycles. The van der Waals surface area contributed by atoms with Gasteiger partial charge in [-0.25, -0.2) is 9.97 Å². The van der Waals surface area contributed by atoms with Crippen LogP contribution < -0.4 is 43.0 Å². The molecular weight excluding hydrogens is 897 g/mol. The second kappa shape index (κ2) is 23.3. The average Bonchev–Trinajstić information content (AvgIpc) is 3.99. The summed E-state index contributed by atoms with van der Waals surface area (Å²) in [6.07, 6.45) is 12.0. The number of nitrogens with one attached hydrogen (secondary N) is 3. The molecule has 22 nitrogen and oxygen atoms in total. The van der Waals surface area contributed by atoms with E-state index in [4.69, 9.17) is 42.8 Å². The van der Waals surface area contributed by atoms with E-state index in [0.717, 1.165) is 32.4 Å². The molecule has 6 rings (SSSR count). The van der Waals surface area contributed by atoms with Crippen LogP contribution in [0.25, 0.3) is 22.1 Å². The molecule has 3 aromatic heterocycles. The lowest BCUT2D eigenvalue weighted by atomic mass is 9.93. The number of guanidine groups is 1. The third kappa shape index (κ3) is 12.5. The first kappa shape index (κ1) is 51.4. The number of nitrogens with zero attached hydrogens (tertiary/aromatic N) is 9. The number of anilines is 2. The Morgan fingerprint density at radius 1 is 0.871 bits per heavy atom. The Morgan fingerprint density at radius 3 is 2.03 bits per heavy atom. The van der Waals surface area contributed by atoms with Crippen molar-refractivity contribution in [3.05, 3.63) is 88.9 Å². The highest BCUT2D eigenvalue weighted by Gasteiger charge is 2.24. The molecule has 0 atom stereocenters. The largest absolute Gasteiger partial charge is 0.494 e. The van der Waals surface area contributed by atoms with Crippen molar-refractivity contribution < 1.29 is 28.7 Å². The zero-order chi connectivity index (χ0) is 50.6. The molecule has 22 heteroatoms. The van der Waals surface area contributed by atoms with Crippen molar-refractivity contribution in [2.24, 2.45) is 33.8 Å². The standard InChI is InChI=1S/C48H64N16O6/c1-7-54-36(23-29(3)49)44(67)57-47-55-34-25-32(42(50)65)27-38(69-6)40(34)62(47)17-9-10-18-63-41-35(56-48(63)58-45(68)37-24-30(4)59-64(37)8-2)26-33(43(51)66)28-39(41)70-22-12-11-16-61(46(52)53)21-15-31-13-19-60(5)20-14-31/h9-12,23-28,31H,7-8,13-22,49H2,1-6H3,(H2,50,65)(H2,51,66)(H3,52,53)(H,55,57,67)(H,56,58,68)/b10-9+,12-11+,29-23-,54-36?. The number of methoxy groups -OCH3 is 1. The van der Waals surface area contributed by atoms with E-state index < -0.39 is 23.6 Å². The zero-order valence-electron chi connectivity index (χ0n) is 40.6. The Labute approximate surface area is 405 Å². The SMILES string of the molecule is CCN=C(/C=C(/C)N)C(=O)Nc1nc2cc(C(N)=O)cc(OC)c2n1C/C=C/Cn1c(NC(=O)c2cc(C)nn2CC)nc2cc(C(N)=O)cc(OC/C=C/CN(CCC3CCN(C)CC3)C(=N)N)c21. The molecule has 4 amide bonds.